The first-order valence-corrected chi connectivity index (χ1v) is 8.00. The highest BCUT2D eigenvalue weighted by atomic mass is 19.1. The van der Waals surface area contributed by atoms with E-state index >= 15 is 4.39 Å². The van der Waals surface area contributed by atoms with Gasteiger partial charge in [-0.15, -0.1) is 0 Å². The van der Waals surface area contributed by atoms with Crippen LogP contribution in [0.2, 0.25) is 0 Å². The Morgan fingerprint density at radius 1 is 1.31 bits per heavy atom. The van der Waals surface area contributed by atoms with E-state index in [1.54, 1.807) is 37.8 Å². The van der Waals surface area contributed by atoms with E-state index < -0.39 is 11.7 Å². The molecule has 0 spiro atoms. The molecule has 3 aromatic heterocycles. The molecule has 1 aromatic carbocycles. The van der Waals surface area contributed by atoms with Crippen molar-refractivity contribution in [3.63, 3.8) is 0 Å². The first-order valence-electron chi connectivity index (χ1n) is 8.00. The molecular weight excluding hydrogens is 335 g/mol. The number of fused-ring (bicyclic) bond motifs is 2. The molecule has 4 aromatic rings. The van der Waals surface area contributed by atoms with E-state index in [1.165, 1.54) is 4.90 Å². The van der Waals surface area contributed by atoms with E-state index in [-0.39, 0.29) is 5.56 Å². The number of anilines is 1. The Balaban J connectivity index is 2.04. The van der Waals surface area contributed by atoms with Crippen LogP contribution in [-0.4, -0.2) is 44.5 Å². The van der Waals surface area contributed by atoms with Crippen molar-refractivity contribution < 1.29 is 9.18 Å². The average Bonchev–Trinajstić information content (AvgIpc) is 3.20. The first-order chi connectivity index (χ1) is 12.4. The summed E-state index contributed by atoms with van der Waals surface area (Å²) in [6.45, 7) is 1.66. The number of hydrogen-bond acceptors (Lipinski definition) is 4. The Morgan fingerprint density at radius 3 is 2.81 bits per heavy atom. The number of aromatic amines is 1. The lowest BCUT2D eigenvalue weighted by Crippen LogP contribution is -2.23. The number of carbonyl (C=O) groups excluding carboxylic acids is 1. The SMILES string of the molecule is Cc1c(F)c(C(=O)N(C)C)c2[nH]ncc2c1-c1ccc2nc(N)cn2c1. The van der Waals surface area contributed by atoms with Crippen LogP contribution >= 0.6 is 0 Å². The van der Waals surface area contributed by atoms with Crippen molar-refractivity contribution in [3.8, 4) is 11.1 Å². The number of H-pyrrole nitrogens is 1. The number of nitrogen functional groups attached to an aromatic ring is 1. The third kappa shape index (κ3) is 2.22. The van der Waals surface area contributed by atoms with Gasteiger partial charge < -0.3 is 15.0 Å². The van der Waals surface area contributed by atoms with E-state index in [2.05, 4.69) is 15.2 Å². The van der Waals surface area contributed by atoms with Crippen LogP contribution in [0, 0.1) is 12.7 Å². The molecule has 0 saturated carbocycles. The smallest absolute Gasteiger partial charge is 0.258 e. The molecule has 8 heteroatoms. The quantitative estimate of drug-likeness (QED) is 0.580. The van der Waals surface area contributed by atoms with Crippen LogP contribution in [0.4, 0.5) is 10.2 Å². The fraction of sp³-hybridized carbons (Fsp3) is 0.167. The number of amides is 1. The number of imidazole rings is 1. The summed E-state index contributed by atoms with van der Waals surface area (Å²) in [6.07, 6.45) is 5.14. The van der Waals surface area contributed by atoms with E-state index in [4.69, 9.17) is 5.73 Å². The second-order valence-corrected chi connectivity index (χ2v) is 6.40. The highest BCUT2D eigenvalue weighted by Gasteiger charge is 2.25. The number of benzene rings is 1. The summed E-state index contributed by atoms with van der Waals surface area (Å²) in [7, 11) is 3.18. The van der Waals surface area contributed by atoms with Crippen molar-refractivity contribution in [1.29, 1.82) is 0 Å². The second kappa shape index (κ2) is 5.55. The van der Waals surface area contributed by atoms with Gasteiger partial charge in [-0.1, -0.05) is 0 Å². The van der Waals surface area contributed by atoms with Gasteiger partial charge in [-0.2, -0.15) is 5.10 Å². The Hall–Kier alpha value is -3.42. The zero-order valence-electron chi connectivity index (χ0n) is 14.5. The monoisotopic (exact) mass is 352 g/mol. The van der Waals surface area contributed by atoms with Crippen molar-refractivity contribution in [2.24, 2.45) is 0 Å². The van der Waals surface area contributed by atoms with Crippen LogP contribution < -0.4 is 5.73 Å². The van der Waals surface area contributed by atoms with Gasteiger partial charge in [0.15, 0.2) is 0 Å². The molecule has 0 fully saturated rings. The average molecular weight is 352 g/mol. The summed E-state index contributed by atoms with van der Waals surface area (Å²) in [4.78, 5) is 18.0. The second-order valence-electron chi connectivity index (χ2n) is 6.40. The van der Waals surface area contributed by atoms with Crippen LogP contribution in [0.25, 0.3) is 27.7 Å². The highest BCUT2D eigenvalue weighted by molar-refractivity contribution is 6.10. The van der Waals surface area contributed by atoms with E-state index in [0.29, 0.717) is 33.5 Å². The van der Waals surface area contributed by atoms with Crippen molar-refractivity contribution in [2.45, 2.75) is 6.92 Å². The molecule has 0 atom stereocenters. The molecule has 0 aliphatic heterocycles. The third-order valence-electron chi connectivity index (χ3n) is 4.46. The van der Waals surface area contributed by atoms with Crippen LogP contribution in [-0.2, 0) is 0 Å². The van der Waals surface area contributed by atoms with E-state index in [0.717, 1.165) is 5.56 Å². The number of halogens is 1. The number of nitrogens with one attached hydrogen (secondary N) is 1. The largest absolute Gasteiger partial charge is 0.382 e. The van der Waals surface area contributed by atoms with Gasteiger partial charge in [0.2, 0.25) is 0 Å². The van der Waals surface area contributed by atoms with Crippen LogP contribution in [0.15, 0.2) is 30.7 Å². The fourth-order valence-corrected chi connectivity index (χ4v) is 3.23. The summed E-state index contributed by atoms with van der Waals surface area (Å²) in [5.41, 5.74) is 8.66. The molecule has 4 rings (SSSR count). The summed E-state index contributed by atoms with van der Waals surface area (Å²) >= 11 is 0. The van der Waals surface area contributed by atoms with Gasteiger partial charge in [0.05, 0.1) is 17.9 Å². The summed E-state index contributed by atoms with van der Waals surface area (Å²) in [6, 6.07) is 3.66. The number of pyridine rings is 1. The number of nitrogens with two attached hydrogens (primary N) is 1. The molecule has 0 aliphatic carbocycles. The molecule has 132 valence electrons. The fourth-order valence-electron chi connectivity index (χ4n) is 3.23. The highest BCUT2D eigenvalue weighted by Crippen LogP contribution is 2.36. The lowest BCUT2D eigenvalue weighted by molar-refractivity contribution is 0.0824. The maximum atomic E-state index is 15.1. The van der Waals surface area contributed by atoms with Gasteiger partial charge in [-0.05, 0) is 30.2 Å². The van der Waals surface area contributed by atoms with Crippen LogP contribution in [0.1, 0.15) is 15.9 Å². The number of aromatic nitrogens is 4. The molecule has 3 heterocycles. The van der Waals surface area contributed by atoms with E-state index in [1.807, 2.05) is 18.3 Å². The zero-order chi connectivity index (χ0) is 18.6. The molecule has 7 nitrogen and oxygen atoms in total. The lowest BCUT2D eigenvalue weighted by Gasteiger charge is -2.16. The molecule has 0 bridgehead atoms. The Morgan fingerprint density at radius 2 is 2.08 bits per heavy atom. The minimum absolute atomic E-state index is 0.00305. The Bertz CT molecular complexity index is 1170. The van der Waals surface area contributed by atoms with Crippen LogP contribution in [0.3, 0.4) is 0 Å². The van der Waals surface area contributed by atoms with Crippen molar-refractivity contribution in [1.82, 2.24) is 24.5 Å². The molecule has 1 amide bonds. The molecule has 0 radical (unpaired) electrons. The van der Waals surface area contributed by atoms with Crippen molar-refractivity contribution in [3.05, 3.63) is 47.7 Å². The minimum Gasteiger partial charge on any atom is -0.382 e. The minimum atomic E-state index is -0.555. The Kier molecular flexibility index (Phi) is 3.43. The predicted octanol–water partition coefficient (Wildman–Crippen LogP) is 2.61. The van der Waals surface area contributed by atoms with Crippen LogP contribution in [0.5, 0.6) is 0 Å². The number of carbonyl (C=O) groups is 1. The number of rotatable bonds is 2. The number of nitrogens with zero attached hydrogens (tertiary/aromatic N) is 4. The zero-order valence-corrected chi connectivity index (χ0v) is 14.5. The van der Waals surface area contributed by atoms with Gasteiger partial charge >= 0.3 is 0 Å². The summed E-state index contributed by atoms with van der Waals surface area (Å²) < 4.78 is 16.9. The molecular formula is C18H17FN6O. The molecule has 3 N–H and O–H groups in total. The van der Waals surface area contributed by atoms with E-state index in [9.17, 15) is 4.79 Å². The predicted molar refractivity (Wildman–Crippen MR) is 97.4 cm³/mol. The molecule has 0 unspecified atom stereocenters. The maximum Gasteiger partial charge on any atom is 0.258 e. The van der Waals surface area contributed by atoms with Gasteiger partial charge in [-0.3, -0.25) is 9.89 Å². The molecule has 26 heavy (non-hydrogen) atoms. The summed E-state index contributed by atoms with van der Waals surface area (Å²) in [5, 5.41) is 7.49. The van der Waals surface area contributed by atoms with Crippen molar-refractivity contribution >= 4 is 28.3 Å². The Labute approximate surface area is 148 Å². The molecule has 0 saturated heterocycles. The van der Waals surface area contributed by atoms with Gasteiger partial charge in [0.1, 0.15) is 22.8 Å². The summed E-state index contributed by atoms with van der Waals surface area (Å²) in [5.74, 6) is -0.560. The molecule has 0 aliphatic rings. The van der Waals surface area contributed by atoms with Gasteiger partial charge in [0, 0.05) is 31.2 Å². The maximum absolute atomic E-state index is 15.1. The van der Waals surface area contributed by atoms with Gasteiger partial charge in [0.25, 0.3) is 5.91 Å². The number of hydrogen-bond donors (Lipinski definition) is 2. The normalized spacial score (nSPS) is 11.4. The standard InChI is InChI=1S/C18H17FN6O/c1-9-14(10-4-5-13-22-12(20)8-25(13)7-10)11-6-21-23-17(11)15(16(9)19)18(26)24(2)3/h4-8H,20H2,1-3H3,(H,21,23). The lowest BCUT2D eigenvalue weighted by atomic mass is 9.94. The third-order valence-corrected chi connectivity index (χ3v) is 4.46. The first kappa shape index (κ1) is 16.1. The topological polar surface area (TPSA) is 92.3 Å². The van der Waals surface area contributed by atoms with Crippen molar-refractivity contribution in [2.75, 3.05) is 19.8 Å². The van der Waals surface area contributed by atoms with Gasteiger partial charge in [-0.25, -0.2) is 9.37 Å².